The number of methoxy groups -OCH3 is 1. The monoisotopic (exact) mass is 377 g/mol. The number of carbonyl (C=O) groups excluding carboxylic acids is 1. The van der Waals surface area contributed by atoms with Gasteiger partial charge >= 0.3 is 0 Å². The van der Waals surface area contributed by atoms with Crippen LogP contribution in [0.4, 0.5) is 11.5 Å². The molecule has 2 N–H and O–H groups in total. The van der Waals surface area contributed by atoms with Crippen molar-refractivity contribution in [3.63, 3.8) is 0 Å². The van der Waals surface area contributed by atoms with Gasteiger partial charge in [-0.05, 0) is 55.5 Å². The average molecular weight is 377 g/mol. The molecule has 6 nitrogen and oxygen atoms in total. The molecule has 0 spiro atoms. The number of aromatic nitrogens is 1. The van der Waals surface area contributed by atoms with Gasteiger partial charge in [0.2, 0.25) is 0 Å². The Morgan fingerprint density at radius 3 is 2.32 bits per heavy atom. The summed E-state index contributed by atoms with van der Waals surface area (Å²) in [4.78, 5) is 16.5. The SMILES string of the molecule is COc1ccc(OCCNC(=O)c2ccc(Nc3ccc(C)cc3)nc2)cc1. The number of nitrogens with one attached hydrogen (secondary N) is 2. The Bertz CT molecular complexity index is 892. The first-order valence-corrected chi connectivity index (χ1v) is 8.99. The van der Waals surface area contributed by atoms with Crippen LogP contribution in [0, 0.1) is 6.92 Å². The molecule has 0 radical (unpaired) electrons. The topological polar surface area (TPSA) is 72.5 Å². The summed E-state index contributed by atoms with van der Waals surface area (Å²) in [6.07, 6.45) is 1.55. The van der Waals surface area contributed by atoms with E-state index in [1.54, 1.807) is 25.4 Å². The van der Waals surface area contributed by atoms with Crippen molar-refractivity contribution < 1.29 is 14.3 Å². The fourth-order valence-electron chi connectivity index (χ4n) is 2.49. The van der Waals surface area contributed by atoms with Crippen LogP contribution in [0.3, 0.4) is 0 Å². The van der Waals surface area contributed by atoms with Crippen LogP contribution >= 0.6 is 0 Å². The number of aryl methyl sites for hydroxylation is 1. The molecule has 28 heavy (non-hydrogen) atoms. The number of amides is 1. The fourth-order valence-corrected chi connectivity index (χ4v) is 2.49. The molecule has 0 saturated heterocycles. The van der Waals surface area contributed by atoms with Crippen LogP contribution in [-0.4, -0.2) is 31.2 Å². The van der Waals surface area contributed by atoms with Crippen LogP contribution in [0.2, 0.25) is 0 Å². The number of pyridine rings is 1. The lowest BCUT2D eigenvalue weighted by atomic mass is 10.2. The molecule has 0 bridgehead atoms. The van der Waals surface area contributed by atoms with Gasteiger partial charge in [0.1, 0.15) is 23.9 Å². The molecule has 0 atom stereocenters. The van der Waals surface area contributed by atoms with E-state index in [2.05, 4.69) is 15.6 Å². The predicted octanol–water partition coefficient (Wildman–Crippen LogP) is 3.95. The highest BCUT2D eigenvalue weighted by Crippen LogP contribution is 2.17. The Labute approximate surface area is 164 Å². The molecule has 0 fully saturated rings. The van der Waals surface area contributed by atoms with Gasteiger partial charge in [-0.1, -0.05) is 17.7 Å². The summed E-state index contributed by atoms with van der Waals surface area (Å²) in [6.45, 7) is 2.81. The van der Waals surface area contributed by atoms with Crippen molar-refractivity contribution in [3.05, 3.63) is 78.0 Å². The first-order valence-electron chi connectivity index (χ1n) is 8.99. The van der Waals surface area contributed by atoms with Crippen LogP contribution in [0.1, 0.15) is 15.9 Å². The molecule has 0 aliphatic carbocycles. The van der Waals surface area contributed by atoms with Gasteiger partial charge in [0.05, 0.1) is 19.2 Å². The summed E-state index contributed by atoms with van der Waals surface area (Å²) in [5.41, 5.74) is 2.64. The Kier molecular flexibility index (Phi) is 6.46. The molecule has 1 amide bonds. The zero-order chi connectivity index (χ0) is 19.8. The van der Waals surface area contributed by atoms with Crippen LogP contribution < -0.4 is 20.1 Å². The number of hydrogen-bond acceptors (Lipinski definition) is 5. The van der Waals surface area contributed by atoms with E-state index in [0.29, 0.717) is 24.5 Å². The van der Waals surface area contributed by atoms with Crippen LogP contribution in [0.15, 0.2) is 66.9 Å². The minimum Gasteiger partial charge on any atom is -0.497 e. The first-order chi connectivity index (χ1) is 13.6. The number of carbonyl (C=O) groups is 1. The predicted molar refractivity (Wildman–Crippen MR) is 110 cm³/mol. The highest BCUT2D eigenvalue weighted by Gasteiger charge is 2.06. The van der Waals surface area contributed by atoms with Gasteiger partial charge in [-0.3, -0.25) is 4.79 Å². The van der Waals surface area contributed by atoms with Crippen molar-refractivity contribution in [2.24, 2.45) is 0 Å². The summed E-state index contributed by atoms with van der Waals surface area (Å²) < 4.78 is 10.7. The second kappa shape index (κ2) is 9.41. The number of rotatable bonds is 8. The van der Waals surface area contributed by atoms with E-state index in [1.165, 1.54) is 5.56 Å². The van der Waals surface area contributed by atoms with Crippen molar-refractivity contribution in [2.45, 2.75) is 6.92 Å². The van der Waals surface area contributed by atoms with E-state index in [4.69, 9.17) is 9.47 Å². The molecule has 3 aromatic rings. The smallest absolute Gasteiger partial charge is 0.252 e. The summed E-state index contributed by atoms with van der Waals surface area (Å²) in [5.74, 6) is 1.99. The number of ether oxygens (including phenoxy) is 2. The number of anilines is 2. The molecule has 0 aliphatic rings. The van der Waals surface area contributed by atoms with Gasteiger partial charge in [-0.15, -0.1) is 0 Å². The molecule has 0 saturated carbocycles. The second-order valence-electron chi connectivity index (χ2n) is 6.20. The van der Waals surface area contributed by atoms with Crippen molar-refractivity contribution in [2.75, 3.05) is 25.6 Å². The molecule has 6 heteroatoms. The average Bonchev–Trinajstić information content (AvgIpc) is 2.73. The Morgan fingerprint density at radius 2 is 1.68 bits per heavy atom. The van der Waals surface area contributed by atoms with Crippen LogP contribution in [0.25, 0.3) is 0 Å². The Balaban J connectivity index is 1.44. The molecular weight excluding hydrogens is 354 g/mol. The molecule has 1 aromatic heterocycles. The van der Waals surface area contributed by atoms with Gasteiger partial charge in [-0.2, -0.15) is 0 Å². The molecule has 144 valence electrons. The van der Waals surface area contributed by atoms with E-state index in [0.717, 1.165) is 17.2 Å². The van der Waals surface area contributed by atoms with E-state index in [1.807, 2.05) is 55.5 Å². The zero-order valence-corrected chi connectivity index (χ0v) is 15.9. The third-order valence-electron chi connectivity index (χ3n) is 4.07. The largest absolute Gasteiger partial charge is 0.497 e. The van der Waals surface area contributed by atoms with Gasteiger partial charge in [0.15, 0.2) is 0 Å². The highest BCUT2D eigenvalue weighted by molar-refractivity contribution is 5.94. The fraction of sp³-hybridized carbons (Fsp3) is 0.182. The second-order valence-corrected chi connectivity index (χ2v) is 6.20. The maximum absolute atomic E-state index is 12.2. The molecular formula is C22H23N3O3. The van der Waals surface area contributed by atoms with E-state index >= 15 is 0 Å². The molecule has 3 rings (SSSR count). The number of hydrogen-bond donors (Lipinski definition) is 2. The lowest BCUT2D eigenvalue weighted by molar-refractivity contribution is 0.0946. The molecule has 0 unspecified atom stereocenters. The van der Waals surface area contributed by atoms with Gasteiger partial charge in [0.25, 0.3) is 5.91 Å². The van der Waals surface area contributed by atoms with Crippen molar-refractivity contribution in [1.82, 2.24) is 10.3 Å². The minimum absolute atomic E-state index is 0.187. The van der Waals surface area contributed by atoms with E-state index in [9.17, 15) is 4.79 Å². The summed E-state index contributed by atoms with van der Waals surface area (Å²) in [5, 5.41) is 6.02. The van der Waals surface area contributed by atoms with Crippen molar-refractivity contribution in [1.29, 1.82) is 0 Å². The third kappa shape index (κ3) is 5.48. The van der Waals surface area contributed by atoms with Crippen LogP contribution in [0.5, 0.6) is 11.5 Å². The molecule has 2 aromatic carbocycles. The Hall–Kier alpha value is -3.54. The normalized spacial score (nSPS) is 10.2. The number of benzene rings is 2. The maximum Gasteiger partial charge on any atom is 0.252 e. The zero-order valence-electron chi connectivity index (χ0n) is 15.9. The summed E-state index contributed by atoms with van der Waals surface area (Å²) >= 11 is 0. The lowest BCUT2D eigenvalue weighted by Gasteiger charge is -2.09. The van der Waals surface area contributed by atoms with Gasteiger partial charge < -0.3 is 20.1 Å². The van der Waals surface area contributed by atoms with Crippen LogP contribution in [-0.2, 0) is 0 Å². The van der Waals surface area contributed by atoms with E-state index in [-0.39, 0.29) is 5.91 Å². The van der Waals surface area contributed by atoms with Crippen molar-refractivity contribution >= 4 is 17.4 Å². The van der Waals surface area contributed by atoms with Crippen molar-refractivity contribution in [3.8, 4) is 11.5 Å². The maximum atomic E-state index is 12.2. The lowest BCUT2D eigenvalue weighted by Crippen LogP contribution is -2.28. The first kappa shape index (κ1) is 19.2. The van der Waals surface area contributed by atoms with E-state index < -0.39 is 0 Å². The quantitative estimate of drug-likeness (QED) is 0.582. The third-order valence-corrected chi connectivity index (χ3v) is 4.07. The Morgan fingerprint density at radius 1 is 0.964 bits per heavy atom. The highest BCUT2D eigenvalue weighted by atomic mass is 16.5. The minimum atomic E-state index is -0.187. The summed E-state index contributed by atoms with van der Waals surface area (Å²) in [7, 11) is 1.62. The molecule has 1 heterocycles. The standard InChI is InChI=1S/C22H23N3O3/c1-16-3-6-18(7-4-16)25-21-12-5-17(15-24-21)22(26)23-13-14-28-20-10-8-19(27-2)9-11-20/h3-12,15H,13-14H2,1-2H3,(H,23,26)(H,24,25). The van der Waals surface area contributed by atoms with Gasteiger partial charge in [-0.25, -0.2) is 4.98 Å². The summed E-state index contributed by atoms with van der Waals surface area (Å²) in [6, 6.07) is 18.8. The molecule has 0 aliphatic heterocycles. The van der Waals surface area contributed by atoms with Gasteiger partial charge in [0, 0.05) is 11.9 Å². The number of nitrogens with zero attached hydrogens (tertiary/aromatic N) is 1.